The molecule has 1 aliphatic heterocycles. The van der Waals surface area contributed by atoms with E-state index >= 15 is 0 Å². The van der Waals surface area contributed by atoms with Crippen molar-refractivity contribution >= 4 is 11.9 Å². The van der Waals surface area contributed by atoms with Crippen molar-refractivity contribution in [2.24, 2.45) is 5.92 Å². The van der Waals surface area contributed by atoms with Crippen LogP contribution >= 0.6 is 0 Å². The number of anilines is 1. The van der Waals surface area contributed by atoms with E-state index in [0.29, 0.717) is 12.5 Å². The smallest absolute Gasteiger partial charge is 0.227 e. The second-order valence-corrected chi connectivity index (χ2v) is 7.68. The molecule has 4 rings (SSSR count). The van der Waals surface area contributed by atoms with E-state index in [9.17, 15) is 4.79 Å². The summed E-state index contributed by atoms with van der Waals surface area (Å²) >= 11 is 0. The number of piperidine rings is 1. The Balaban J connectivity index is 1.30. The summed E-state index contributed by atoms with van der Waals surface area (Å²) in [7, 11) is 0. The first-order valence-electron chi connectivity index (χ1n) is 10.4. The summed E-state index contributed by atoms with van der Waals surface area (Å²) in [5.41, 5.74) is 2.99. The van der Waals surface area contributed by atoms with E-state index in [2.05, 4.69) is 25.3 Å². The Bertz CT molecular complexity index is 994. The number of pyridine rings is 1. The second kappa shape index (κ2) is 9.02. The van der Waals surface area contributed by atoms with E-state index in [0.717, 1.165) is 55.3 Å². The molecule has 3 aromatic rings. The molecule has 1 aliphatic rings. The van der Waals surface area contributed by atoms with Crippen LogP contribution in [0.2, 0.25) is 0 Å². The molecule has 1 amide bonds. The fourth-order valence-corrected chi connectivity index (χ4v) is 3.82. The number of amides is 1. The molecular formula is C22H27N7O. The molecule has 0 aromatic carbocycles. The Morgan fingerprint density at radius 2 is 1.97 bits per heavy atom. The van der Waals surface area contributed by atoms with Crippen molar-refractivity contribution in [1.29, 1.82) is 0 Å². The molecule has 0 unspecified atom stereocenters. The zero-order valence-electron chi connectivity index (χ0n) is 17.5. The van der Waals surface area contributed by atoms with Crippen LogP contribution in [0.4, 0.5) is 5.95 Å². The minimum Gasteiger partial charge on any atom is -0.355 e. The lowest BCUT2D eigenvalue weighted by Crippen LogP contribution is -2.41. The van der Waals surface area contributed by atoms with Crippen LogP contribution in [0.15, 0.2) is 42.7 Å². The molecule has 8 nitrogen and oxygen atoms in total. The second-order valence-electron chi connectivity index (χ2n) is 7.68. The molecule has 1 saturated heterocycles. The third kappa shape index (κ3) is 4.64. The first-order valence-corrected chi connectivity index (χ1v) is 10.4. The highest BCUT2D eigenvalue weighted by Gasteiger charge is 2.26. The first-order chi connectivity index (χ1) is 14.6. The maximum absolute atomic E-state index is 12.5. The Labute approximate surface area is 176 Å². The minimum absolute atomic E-state index is 0.0316. The largest absolute Gasteiger partial charge is 0.355 e. The molecule has 3 aromatic heterocycles. The fourth-order valence-electron chi connectivity index (χ4n) is 3.82. The molecule has 0 spiro atoms. The summed E-state index contributed by atoms with van der Waals surface area (Å²) in [5.74, 6) is 1.61. The van der Waals surface area contributed by atoms with Crippen LogP contribution in [0.5, 0.6) is 0 Å². The van der Waals surface area contributed by atoms with Crippen LogP contribution < -0.4 is 10.2 Å². The van der Waals surface area contributed by atoms with Crippen LogP contribution in [-0.2, 0) is 11.2 Å². The number of hydrogen-bond acceptors (Lipinski definition) is 6. The van der Waals surface area contributed by atoms with Crippen LogP contribution in [0, 0.1) is 19.8 Å². The lowest BCUT2D eigenvalue weighted by Gasteiger charge is -2.31. The van der Waals surface area contributed by atoms with Gasteiger partial charge in [0.2, 0.25) is 11.9 Å². The van der Waals surface area contributed by atoms with Gasteiger partial charge in [-0.3, -0.25) is 9.78 Å². The summed E-state index contributed by atoms with van der Waals surface area (Å²) in [5, 5.41) is 7.56. The van der Waals surface area contributed by atoms with E-state index in [-0.39, 0.29) is 11.8 Å². The molecule has 0 aliphatic carbocycles. The molecule has 0 bridgehead atoms. The van der Waals surface area contributed by atoms with Crippen LogP contribution in [-0.4, -0.2) is 50.3 Å². The third-order valence-corrected chi connectivity index (χ3v) is 5.41. The van der Waals surface area contributed by atoms with Crippen molar-refractivity contribution in [3.05, 3.63) is 59.8 Å². The highest BCUT2D eigenvalue weighted by atomic mass is 16.1. The van der Waals surface area contributed by atoms with Gasteiger partial charge in [-0.2, -0.15) is 10.1 Å². The highest BCUT2D eigenvalue weighted by Crippen LogP contribution is 2.21. The van der Waals surface area contributed by atoms with Gasteiger partial charge in [0.15, 0.2) is 5.82 Å². The molecule has 0 saturated carbocycles. The molecule has 8 heteroatoms. The number of carbonyl (C=O) groups is 1. The maximum Gasteiger partial charge on any atom is 0.227 e. The normalized spacial score (nSPS) is 14.7. The summed E-state index contributed by atoms with van der Waals surface area (Å²) in [4.78, 5) is 28.1. The Morgan fingerprint density at radius 3 is 2.67 bits per heavy atom. The van der Waals surface area contributed by atoms with Crippen molar-refractivity contribution in [2.75, 3.05) is 24.5 Å². The van der Waals surface area contributed by atoms with Gasteiger partial charge in [-0.1, -0.05) is 6.07 Å². The summed E-state index contributed by atoms with van der Waals surface area (Å²) in [6.07, 6.45) is 5.88. The van der Waals surface area contributed by atoms with Gasteiger partial charge in [0.25, 0.3) is 0 Å². The van der Waals surface area contributed by atoms with Gasteiger partial charge in [0, 0.05) is 61.8 Å². The van der Waals surface area contributed by atoms with E-state index in [1.165, 1.54) is 0 Å². The van der Waals surface area contributed by atoms with Crippen molar-refractivity contribution < 1.29 is 4.79 Å². The molecule has 1 N–H and O–H groups in total. The number of aryl methyl sites for hydroxylation is 2. The number of hydrogen-bond donors (Lipinski definition) is 1. The van der Waals surface area contributed by atoms with E-state index in [1.807, 2.05) is 48.9 Å². The van der Waals surface area contributed by atoms with Crippen LogP contribution in [0.25, 0.3) is 5.82 Å². The zero-order valence-corrected chi connectivity index (χ0v) is 17.5. The molecule has 0 atom stereocenters. The number of aromatic nitrogens is 5. The van der Waals surface area contributed by atoms with E-state index < -0.39 is 0 Å². The van der Waals surface area contributed by atoms with Gasteiger partial charge < -0.3 is 10.2 Å². The monoisotopic (exact) mass is 405 g/mol. The maximum atomic E-state index is 12.5. The standard InChI is InChI=1S/C22H27N7O/c1-16-15-17(2)29(27-16)20-7-12-25-22(26-20)28-13-8-18(9-14-28)21(30)24-11-6-19-5-3-4-10-23-19/h3-5,7,10,12,15,18H,6,8-9,11,13-14H2,1-2H3,(H,24,30). The van der Waals surface area contributed by atoms with Crippen molar-refractivity contribution in [3.8, 4) is 5.82 Å². The Kier molecular flexibility index (Phi) is 6.02. The fraction of sp³-hybridized carbons (Fsp3) is 0.409. The van der Waals surface area contributed by atoms with Gasteiger partial charge in [0.05, 0.1) is 5.69 Å². The molecule has 0 radical (unpaired) electrons. The lowest BCUT2D eigenvalue weighted by atomic mass is 9.96. The first kappa shape index (κ1) is 20.0. The molecule has 4 heterocycles. The minimum atomic E-state index is 0.0316. The number of nitrogens with zero attached hydrogens (tertiary/aromatic N) is 6. The van der Waals surface area contributed by atoms with Gasteiger partial charge in [-0.25, -0.2) is 9.67 Å². The van der Waals surface area contributed by atoms with Crippen molar-refractivity contribution in [3.63, 3.8) is 0 Å². The van der Waals surface area contributed by atoms with Crippen molar-refractivity contribution in [2.45, 2.75) is 33.1 Å². The van der Waals surface area contributed by atoms with Gasteiger partial charge in [-0.15, -0.1) is 0 Å². The molecule has 30 heavy (non-hydrogen) atoms. The highest BCUT2D eigenvalue weighted by molar-refractivity contribution is 5.78. The zero-order chi connectivity index (χ0) is 20.9. The molecular weight excluding hydrogens is 378 g/mol. The van der Waals surface area contributed by atoms with Gasteiger partial charge >= 0.3 is 0 Å². The Morgan fingerprint density at radius 1 is 1.13 bits per heavy atom. The van der Waals surface area contributed by atoms with E-state index in [1.54, 1.807) is 12.4 Å². The summed E-state index contributed by atoms with van der Waals surface area (Å²) in [6.45, 7) is 6.12. The topological polar surface area (TPSA) is 88.8 Å². The predicted molar refractivity (Wildman–Crippen MR) is 115 cm³/mol. The van der Waals surface area contributed by atoms with Crippen LogP contribution in [0.3, 0.4) is 0 Å². The number of carbonyl (C=O) groups excluding carboxylic acids is 1. The lowest BCUT2D eigenvalue weighted by molar-refractivity contribution is -0.125. The van der Waals surface area contributed by atoms with Gasteiger partial charge in [-0.05, 0) is 44.9 Å². The SMILES string of the molecule is Cc1cc(C)n(-c2ccnc(N3CCC(C(=O)NCCc4ccccn4)CC3)n2)n1. The number of rotatable bonds is 6. The average molecular weight is 406 g/mol. The summed E-state index contributed by atoms with van der Waals surface area (Å²) in [6, 6.07) is 9.73. The van der Waals surface area contributed by atoms with E-state index in [4.69, 9.17) is 4.98 Å². The summed E-state index contributed by atoms with van der Waals surface area (Å²) < 4.78 is 1.84. The quantitative estimate of drug-likeness (QED) is 0.677. The average Bonchev–Trinajstić information content (AvgIpc) is 3.12. The Hall–Kier alpha value is -3.29. The molecule has 1 fully saturated rings. The number of nitrogens with one attached hydrogen (secondary N) is 1. The molecule has 156 valence electrons. The third-order valence-electron chi connectivity index (χ3n) is 5.41. The van der Waals surface area contributed by atoms with Gasteiger partial charge in [0.1, 0.15) is 0 Å². The van der Waals surface area contributed by atoms with Crippen molar-refractivity contribution in [1.82, 2.24) is 30.0 Å². The van der Waals surface area contributed by atoms with Crippen LogP contribution in [0.1, 0.15) is 29.9 Å². The predicted octanol–water partition coefficient (Wildman–Crippen LogP) is 2.25.